The third-order valence-electron chi connectivity index (χ3n) is 6.31. The topological polar surface area (TPSA) is 92.0 Å². The SMILES string of the molecule is COc1ccc(Cn2c(=O)c3cc(OC(C)C)ccc3n(C3CCN(C=O)CC3)c2=O)cc1OC. The maximum atomic E-state index is 13.8. The Morgan fingerprint density at radius 2 is 1.71 bits per heavy atom. The molecule has 0 atom stereocenters. The molecule has 9 heteroatoms. The lowest BCUT2D eigenvalue weighted by atomic mass is 10.0. The van der Waals surface area contributed by atoms with Crippen molar-refractivity contribution in [1.29, 1.82) is 0 Å². The Bertz CT molecular complexity index is 1340. The van der Waals surface area contributed by atoms with Gasteiger partial charge in [0.1, 0.15) is 5.75 Å². The molecule has 2 heterocycles. The predicted octanol–water partition coefficient (Wildman–Crippen LogP) is 2.81. The Morgan fingerprint density at radius 3 is 2.34 bits per heavy atom. The molecular formula is C26H31N3O6. The van der Waals surface area contributed by atoms with Crippen molar-refractivity contribution in [1.82, 2.24) is 14.0 Å². The van der Waals surface area contributed by atoms with Crippen molar-refractivity contribution in [2.45, 2.75) is 45.4 Å². The summed E-state index contributed by atoms with van der Waals surface area (Å²) in [6, 6.07) is 10.5. The Balaban J connectivity index is 1.87. The number of rotatable bonds is 8. The third kappa shape index (κ3) is 4.89. The fourth-order valence-corrected chi connectivity index (χ4v) is 4.61. The summed E-state index contributed by atoms with van der Waals surface area (Å²) < 4.78 is 19.5. The number of amides is 1. The van der Waals surface area contributed by atoms with Crippen LogP contribution in [0.5, 0.6) is 17.2 Å². The molecule has 0 bridgehead atoms. The molecule has 2 aromatic carbocycles. The number of ether oxygens (including phenoxy) is 3. The second-order valence-corrected chi connectivity index (χ2v) is 8.95. The first-order valence-corrected chi connectivity index (χ1v) is 11.7. The number of piperidine rings is 1. The zero-order chi connectivity index (χ0) is 25.1. The molecule has 186 valence electrons. The van der Waals surface area contributed by atoms with Crippen LogP contribution in [0.2, 0.25) is 0 Å². The summed E-state index contributed by atoms with van der Waals surface area (Å²) in [5.74, 6) is 1.66. The molecule has 0 radical (unpaired) electrons. The normalized spacial score (nSPS) is 14.4. The quantitative estimate of drug-likeness (QED) is 0.460. The van der Waals surface area contributed by atoms with Crippen LogP contribution in [-0.4, -0.2) is 53.9 Å². The van der Waals surface area contributed by atoms with Gasteiger partial charge in [0.15, 0.2) is 11.5 Å². The molecule has 1 amide bonds. The minimum atomic E-state index is -0.379. The second-order valence-electron chi connectivity index (χ2n) is 8.95. The van der Waals surface area contributed by atoms with Crippen molar-refractivity contribution < 1.29 is 19.0 Å². The summed E-state index contributed by atoms with van der Waals surface area (Å²) in [6.07, 6.45) is 2.05. The number of carbonyl (C=O) groups is 1. The van der Waals surface area contributed by atoms with Crippen molar-refractivity contribution in [2.24, 2.45) is 0 Å². The van der Waals surface area contributed by atoms with Gasteiger partial charge in [-0.25, -0.2) is 4.79 Å². The van der Waals surface area contributed by atoms with Gasteiger partial charge in [-0.3, -0.25) is 18.7 Å². The molecule has 0 unspecified atom stereocenters. The van der Waals surface area contributed by atoms with Crippen LogP contribution in [0, 0.1) is 0 Å². The summed E-state index contributed by atoms with van der Waals surface area (Å²) in [4.78, 5) is 40.2. The van der Waals surface area contributed by atoms with Crippen LogP contribution < -0.4 is 25.5 Å². The number of carbonyl (C=O) groups excluding carboxylic acids is 1. The lowest BCUT2D eigenvalue weighted by Gasteiger charge is -2.31. The van der Waals surface area contributed by atoms with E-state index in [1.807, 2.05) is 19.9 Å². The second kappa shape index (κ2) is 10.2. The summed E-state index contributed by atoms with van der Waals surface area (Å²) >= 11 is 0. The highest BCUT2D eigenvalue weighted by Gasteiger charge is 2.25. The van der Waals surface area contributed by atoms with E-state index in [1.54, 1.807) is 54.0 Å². The van der Waals surface area contributed by atoms with Gasteiger partial charge >= 0.3 is 5.69 Å². The zero-order valence-electron chi connectivity index (χ0n) is 20.5. The van der Waals surface area contributed by atoms with E-state index >= 15 is 0 Å². The van der Waals surface area contributed by atoms with E-state index in [9.17, 15) is 14.4 Å². The van der Waals surface area contributed by atoms with E-state index in [2.05, 4.69) is 0 Å². The molecule has 0 saturated carbocycles. The standard InChI is InChI=1S/C26H31N3O6/c1-17(2)35-20-6-7-22-21(14-20)25(31)28(15-18-5-8-23(33-3)24(13-18)34-4)26(32)29(22)19-9-11-27(16-30)12-10-19/h5-8,13-14,16-17,19H,9-12,15H2,1-4H3. The van der Waals surface area contributed by atoms with Gasteiger partial charge in [0, 0.05) is 19.1 Å². The van der Waals surface area contributed by atoms with Gasteiger partial charge < -0.3 is 19.1 Å². The van der Waals surface area contributed by atoms with Crippen LogP contribution in [0.25, 0.3) is 10.9 Å². The molecule has 1 fully saturated rings. The van der Waals surface area contributed by atoms with E-state index in [0.29, 0.717) is 54.1 Å². The van der Waals surface area contributed by atoms with Gasteiger partial charge in [0.2, 0.25) is 6.41 Å². The highest BCUT2D eigenvalue weighted by molar-refractivity contribution is 5.80. The predicted molar refractivity (Wildman–Crippen MR) is 133 cm³/mol. The number of fused-ring (bicyclic) bond motifs is 1. The number of methoxy groups -OCH3 is 2. The molecule has 35 heavy (non-hydrogen) atoms. The van der Waals surface area contributed by atoms with E-state index in [4.69, 9.17) is 14.2 Å². The Morgan fingerprint density at radius 1 is 1.00 bits per heavy atom. The first-order chi connectivity index (χ1) is 16.9. The van der Waals surface area contributed by atoms with E-state index in [0.717, 1.165) is 12.0 Å². The fourth-order valence-electron chi connectivity index (χ4n) is 4.61. The monoisotopic (exact) mass is 481 g/mol. The van der Waals surface area contributed by atoms with Crippen molar-refractivity contribution in [3.8, 4) is 17.2 Å². The Labute approximate surface area is 203 Å². The summed E-state index contributed by atoms with van der Waals surface area (Å²) in [5.41, 5.74) is 0.553. The average Bonchev–Trinajstić information content (AvgIpc) is 2.86. The maximum absolute atomic E-state index is 13.8. The molecule has 1 aliphatic rings. The van der Waals surface area contributed by atoms with E-state index in [-0.39, 0.29) is 29.9 Å². The van der Waals surface area contributed by atoms with Gasteiger partial charge in [-0.05, 0) is 62.6 Å². The maximum Gasteiger partial charge on any atom is 0.332 e. The van der Waals surface area contributed by atoms with Crippen LogP contribution in [0.4, 0.5) is 0 Å². The van der Waals surface area contributed by atoms with Crippen molar-refractivity contribution in [3.05, 3.63) is 62.8 Å². The van der Waals surface area contributed by atoms with Crippen molar-refractivity contribution >= 4 is 17.3 Å². The minimum absolute atomic E-state index is 0.0555. The Hall–Kier alpha value is -3.75. The zero-order valence-corrected chi connectivity index (χ0v) is 20.5. The molecular weight excluding hydrogens is 450 g/mol. The number of hydrogen-bond acceptors (Lipinski definition) is 6. The highest BCUT2D eigenvalue weighted by Crippen LogP contribution is 2.29. The van der Waals surface area contributed by atoms with Gasteiger partial charge in [0.05, 0.1) is 37.8 Å². The molecule has 3 aromatic rings. The average molecular weight is 482 g/mol. The number of likely N-dealkylation sites (tertiary alicyclic amines) is 1. The molecule has 1 aromatic heterocycles. The summed E-state index contributed by atoms with van der Waals surface area (Å²) in [6.45, 7) is 5.04. The highest BCUT2D eigenvalue weighted by atomic mass is 16.5. The number of benzene rings is 2. The molecule has 1 aliphatic heterocycles. The van der Waals surface area contributed by atoms with Gasteiger partial charge in [-0.2, -0.15) is 0 Å². The molecule has 9 nitrogen and oxygen atoms in total. The largest absolute Gasteiger partial charge is 0.493 e. The first-order valence-electron chi connectivity index (χ1n) is 11.7. The number of nitrogens with zero attached hydrogens (tertiary/aromatic N) is 3. The van der Waals surface area contributed by atoms with Gasteiger partial charge in [-0.1, -0.05) is 6.07 Å². The van der Waals surface area contributed by atoms with E-state index in [1.165, 1.54) is 4.57 Å². The van der Waals surface area contributed by atoms with Gasteiger partial charge in [0.25, 0.3) is 5.56 Å². The molecule has 0 spiro atoms. The van der Waals surface area contributed by atoms with Crippen molar-refractivity contribution in [2.75, 3.05) is 27.3 Å². The molecule has 4 rings (SSSR count). The van der Waals surface area contributed by atoms with Crippen molar-refractivity contribution in [3.63, 3.8) is 0 Å². The van der Waals surface area contributed by atoms with Crippen LogP contribution in [0.15, 0.2) is 46.0 Å². The fraction of sp³-hybridized carbons (Fsp3) is 0.423. The smallest absolute Gasteiger partial charge is 0.332 e. The summed E-state index contributed by atoms with van der Waals surface area (Å²) in [7, 11) is 3.09. The minimum Gasteiger partial charge on any atom is -0.493 e. The van der Waals surface area contributed by atoms with Crippen LogP contribution >= 0.6 is 0 Å². The van der Waals surface area contributed by atoms with Crippen LogP contribution in [0.1, 0.15) is 38.3 Å². The van der Waals surface area contributed by atoms with Gasteiger partial charge in [-0.15, -0.1) is 0 Å². The molecule has 1 saturated heterocycles. The van der Waals surface area contributed by atoms with E-state index < -0.39 is 0 Å². The summed E-state index contributed by atoms with van der Waals surface area (Å²) in [5, 5.41) is 0.418. The number of hydrogen-bond donors (Lipinski definition) is 0. The van der Waals surface area contributed by atoms with Crippen LogP contribution in [0.3, 0.4) is 0 Å². The van der Waals surface area contributed by atoms with Crippen LogP contribution in [-0.2, 0) is 11.3 Å². The first kappa shape index (κ1) is 24.4. The number of aromatic nitrogens is 2. The molecule has 0 N–H and O–H groups in total. The molecule has 0 aliphatic carbocycles. The lowest BCUT2D eigenvalue weighted by molar-refractivity contribution is -0.119. The Kier molecular flexibility index (Phi) is 7.14. The lowest BCUT2D eigenvalue weighted by Crippen LogP contribution is -2.44. The third-order valence-corrected chi connectivity index (χ3v) is 6.31.